The number of methoxy groups -OCH3 is 1. The van der Waals surface area contributed by atoms with Crippen molar-refractivity contribution in [2.24, 2.45) is 0 Å². The van der Waals surface area contributed by atoms with Gasteiger partial charge in [-0.2, -0.15) is 0 Å². The van der Waals surface area contributed by atoms with Crippen molar-refractivity contribution in [3.63, 3.8) is 0 Å². The molecule has 0 N–H and O–H groups in total. The average molecular weight is 249 g/mol. The van der Waals surface area contributed by atoms with Crippen molar-refractivity contribution >= 4 is 5.91 Å². The first kappa shape index (κ1) is 13.1. The lowest BCUT2D eigenvalue weighted by molar-refractivity contribution is -0.0633. The van der Waals surface area contributed by atoms with Gasteiger partial charge in [-0.1, -0.05) is 18.2 Å². The number of nitrogens with zero attached hydrogens (tertiary/aromatic N) is 1. The van der Waals surface area contributed by atoms with Gasteiger partial charge in [0.2, 0.25) is 0 Å². The third-order valence-electron chi connectivity index (χ3n) is 3.19. The van der Waals surface area contributed by atoms with E-state index >= 15 is 0 Å². The van der Waals surface area contributed by atoms with E-state index in [4.69, 9.17) is 9.47 Å². The molecule has 0 unspecified atom stereocenters. The van der Waals surface area contributed by atoms with E-state index in [9.17, 15) is 4.79 Å². The number of rotatable bonds is 2. The van der Waals surface area contributed by atoms with Crippen LogP contribution in [-0.4, -0.2) is 36.0 Å². The standard InChI is InChI=1S/C14H19NO3/c1-10-13(17-4)15(14(2,3)18-10)12(16)11-8-6-5-7-9-11/h5-10,13H,1-4H3/t10-,13+/m0/s1. The Bertz CT molecular complexity index is 430. The first-order valence-electron chi connectivity index (χ1n) is 6.06. The van der Waals surface area contributed by atoms with E-state index in [0.29, 0.717) is 5.56 Å². The largest absolute Gasteiger partial charge is 0.359 e. The monoisotopic (exact) mass is 249 g/mol. The summed E-state index contributed by atoms with van der Waals surface area (Å²) in [5, 5.41) is 0. The maximum atomic E-state index is 12.5. The Labute approximate surface area is 107 Å². The molecule has 2 rings (SSSR count). The molecule has 4 nitrogen and oxygen atoms in total. The van der Waals surface area contributed by atoms with Crippen molar-refractivity contribution in [3.05, 3.63) is 35.9 Å². The highest BCUT2D eigenvalue weighted by Crippen LogP contribution is 2.33. The highest BCUT2D eigenvalue weighted by Gasteiger charge is 2.48. The molecule has 1 aromatic rings. The molecule has 1 aliphatic heterocycles. The van der Waals surface area contributed by atoms with E-state index in [1.54, 1.807) is 24.1 Å². The van der Waals surface area contributed by atoms with Gasteiger partial charge in [-0.15, -0.1) is 0 Å². The van der Waals surface area contributed by atoms with Gasteiger partial charge < -0.3 is 9.47 Å². The minimum absolute atomic E-state index is 0.0724. The first-order valence-corrected chi connectivity index (χ1v) is 6.06. The number of ether oxygens (including phenoxy) is 2. The Hall–Kier alpha value is -1.39. The normalized spacial score (nSPS) is 26.3. The maximum absolute atomic E-state index is 12.5. The number of hydrogen-bond acceptors (Lipinski definition) is 3. The summed E-state index contributed by atoms with van der Waals surface area (Å²) < 4.78 is 11.2. The lowest BCUT2D eigenvalue weighted by Gasteiger charge is -2.32. The minimum Gasteiger partial charge on any atom is -0.359 e. The Balaban J connectivity index is 2.33. The fourth-order valence-corrected chi connectivity index (χ4v) is 2.46. The molecule has 1 aliphatic rings. The number of benzene rings is 1. The van der Waals surface area contributed by atoms with Crippen molar-refractivity contribution in [2.75, 3.05) is 7.11 Å². The topological polar surface area (TPSA) is 38.8 Å². The fourth-order valence-electron chi connectivity index (χ4n) is 2.46. The molecule has 2 atom stereocenters. The SMILES string of the molecule is CO[C@@H]1[C@H](C)OC(C)(C)N1C(=O)c1ccccc1. The zero-order chi connectivity index (χ0) is 13.3. The molecule has 0 aliphatic carbocycles. The second-order valence-electron chi connectivity index (χ2n) is 4.94. The van der Waals surface area contributed by atoms with E-state index < -0.39 is 5.72 Å². The molecule has 98 valence electrons. The van der Waals surface area contributed by atoms with Crippen molar-refractivity contribution < 1.29 is 14.3 Å². The van der Waals surface area contributed by atoms with Gasteiger partial charge in [0.15, 0.2) is 6.23 Å². The molecule has 18 heavy (non-hydrogen) atoms. The summed E-state index contributed by atoms with van der Waals surface area (Å²) in [5.41, 5.74) is -0.0159. The van der Waals surface area contributed by atoms with Crippen LogP contribution in [0.3, 0.4) is 0 Å². The minimum atomic E-state index is -0.660. The van der Waals surface area contributed by atoms with E-state index in [-0.39, 0.29) is 18.2 Å². The lowest BCUT2D eigenvalue weighted by Crippen LogP contribution is -2.48. The summed E-state index contributed by atoms with van der Waals surface area (Å²) in [7, 11) is 1.59. The summed E-state index contributed by atoms with van der Waals surface area (Å²) in [6.45, 7) is 5.67. The molecule has 4 heteroatoms. The smallest absolute Gasteiger partial charge is 0.258 e. The van der Waals surface area contributed by atoms with E-state index in [1.165, 1.54) is 0 Å². The third kappa shape index (κ3) is 2.13. The zero-order valence-electron chi connectivity index (χ0n) is 11.2. The summed E-state index contributed by atoms with van der Waals surface area (Å²) >= 11 is 0. The van der Waals surface area contributed by atoms with Gasteiger partial charge in [0.25, 0.3) is 5.91 Å². The van der Waals surface area contributed by atoms with Gasteiger partial charge in [-0.3, -0.25) is 9.69 Å². The van der Waals surface area contributed by atoms with Crippen LogP contribution in [-0.2, 0) is 9.47 Å². The van der Waals surface area contributed by atoms with Crippen molar-refractivity contribution in [3.8, 4) is 0 Å². The van der Waals surface area contributed by atoms with E-state index in [2.05, 4.69) is 0 Å². The van der Waals surface area contributed by atoms with Gasteiger partial charge >= 0.3 is 0 Å². The third-order valence-corrected chi connectivity index (χ3v) is 3.19. The van der Waals surface area contributed by atoms with Crippen LogP contribution >= 0.6 is 0 Å². The molecule has 0 bridgehead atoms. The molecule has 1 heterocycles. The van der Waals surface area contributed by atoms with Crippen molar-refractivity contribution in [2.45, 2.75) is 38.8 Å². The molecule has 0 radical (unpaired) electrons. The highest BCUT2D eigenvalue weighted by atomic mass is 16.6. The van der Waals surface area contributed by atoms with E-state index in [0.717, 1.165) is 0 Å². The van der Waals surface area contributed by atoms with Crippen LogP contribution < -0.4 is 0 Å². The second-order valence-corrected chi connectivity index (χ2v) is 4.94. The van der Waals surface area contributed by atoms with Crippen molar-refractivity contribution in [1.82, 2.24) is 4.90 Å². The summed E-state index contributed by atoms with van der Waals surface area (Å²) in [6, 6.07) is 9.19. The van der Waals surface area contributed by atoms with Crippen LogP contribution in [0.25, 0.3) is 0 Å². The fraction of sp³-hybridized carbons (Fsp3) is 0.500. The molecule has 0 saturated carbocycles. The van der Waals surface area contributed by atoms with Crippen LogP contribution in [0.4, 0.5) is 0 Å². The second kappa shape index (κ2) is 4.71. The Morgan fingerprint density at radius 2 is 1.94 bits per heavy atom. The Morgan fingerprint density at radius 1 is 1.33 bits per heavy atom. The average Bonchev–Trinajstić information content (AvgIpc) is 2.58. The van der Waals surface area contributed by atoms with Gasteiger partial charge in [-0.05, 0) is 32.9 Å². The maximum Gasteiger partial charge on any atom is 0.258 e. The first-order chi connectivity index (χ1) is 8.47. The number of hydrogen-bond donors (Lipinski definition) is 0. The number of carbonyl (C=O) groups excluding carboxylic acids is 1. The molecular formula is C14H19NO3. The number of amides is 1. The summed E-state index contributed by atoms with van der Waals surface area (Å²) in [4.78, 5) is 14.2. The molecular weight excluding hydrogens is 230 g/mol. The predicted octanol–water partition coefficient (Wildman–Crippen LogP) is 2.26. The molecule has 1 fully saturated rings. The van der Waals surface area contributed by atoms with Gasteiger partial charge in [0.1, 0.15) is 11.8 Å². The quantitative estimate of drug-likeness (QED) is 0.807. The Morgan fingerprint density at radius 3 is 2.50 bits per heavy atom. The lowest BCUT2D eigenvalue weighted by atomic mass is 10.1. The van der Waals surface area contributed by atoms with E-state index in [1.807, 2.05) is 39.0 Å². The predicted molar refractivity (Wildman–Crippen MR) is 68.0 cm³/mol. The molecule has 1 aromatic carbocycles. The Kier molecular flexibility index (Phi) is 3.41. The van der Waals surface area contributed by atoms with Crippen LogP contribution in [0, 0.1) is 0 Å². The zero-order valence-corrected chi connectivity index (χ0v) is 11.2. The van der Waals surface area contributed by atoms with Crippen LogP contribution in [0.1, 0.15) is 31.1 Å². The molecule has 1 saturated heterocycles. The van der Waals surface area contributed by atoms with Crippen LogP contribution in [0.5, 0.6) is 0 Å². The molecule has 0 aromatic heterocycles. The van der Waals surface area contributed by atoms with Gasteiger partial charge in [-0.25, -0.2) is 0 Å². The molecule has 1 amide bonds. The summed E-state index contributed by atoms with van der Waals surface area (Å²) in [6.07, 6.45) is -0.495. The molecule has 0 spiro atoms. The van der Waals surface area contributed by atoms with Crippen LogP contribution in [0.2, 0.25) is 0 Å². The number of carbonyl (C=O) groups is 1. The highest BCUT2D eigenvalue weighted by molar-refractivity contribution is 5.94. The summed E-state index contributed by atoms with van der Waals surface area (Å²) in [5.74, 6) is -0.0724. The van der Waals surface area contributed by atoms with Gasteiger partial charge in [0.05, 0.1) is 0 Å². The van der Waals surface area contributed by atoms with Crippen molar-refractivity contribution in [1.29, 1.82) is 0 Å². The van der Waals surface area contributed by atoms with Gasteiger partial charge in [0, 0.05) is 12.7 Å². The van der Waals surface area contributed by atoms with Crippen LogP contribution in [0.15, 0.2) is 30.3 Å².